The molecule has 0 aliphatic heterocycles. The Morgan fingerprint density at radius 1 is 1.29 bits per heavy atom. The van der Waals surface area contributed by atoms with Crippen LogP contribution in [-0.4, -0.2) is 11.5 Å². The summed E-state index contributed by atoms with van der Waals surface area (Å²) in [5, 5.41) is 3.83. The van der Waals surface area contributed by atoms with Crippen molar-refractivity contribution in [1.29, 1.82) is 0 Å². The fraction of sp³-hybridized carbons (Fsp3) is 0.353. The maximum absolute atomic E-state index is 14.3. The maximum atomic E-state index is 14.3. The molecule has 0 aliphatic rings. The first-order valence-electron chi connectivity index (χ1n) is 7.22. The molecule has 0 saturated carbocycles. The summed E-state index contributed by atoms with van der Waals surface area (Å²) in [5.41, 5.74) is 1.58. The van der Waals surface area contributed by atoms with Crippen LogP contribution in [0.5, 0.6) is 0 Å². The summed E-state index contributed by atoms with van der Waals surface area (Å²) in [6.07, 6.45) is 2.75. The highest BCUT2D eigenvalue weighted by Crippen LogP contribution is 2.32. The molecule has 2 nitrogen and oxygen atoms in total. The Kier molecular flexibility index (Phi) is 5.71. The molecule has 0 bridgehead atoms. The van der Waals surface area contributed by atoms with E-state index in [2.05, 4.69) is 24.1 Å². The van der Waals surface area contributed by atoms with Gasteiger partial charge in [-0.1, -0.05) is 37.6 Å². The van der Waals surface area contributed by atoms with Crippen molar-refractivity contribution in [3.8, 4) is 0 Å². The number of hydrogen-bond acceptors (Lipinski definition) is 2. The van der Waals surface area contributed by atoms with Gasteiger partial charge in [0.25, 0.3) is 0 Å². The average Bonchev–Trinajstić information content (AvgIpc) is 2.50. The van der Waals surface area contributed by atoms with E-state index in [1.165, 1.54) is 6.07 Å². The van der Waals surface area contributed by atoms with E-state index in [-0.39, 0.29) is 17.8 Å². The van der Waals surface area contributed by atoms with Crippen LogP contribution in [0.4, 0.5) is 4.39 Å². The Morgan fingerprint density at radius 2 is 2.10 bits per heavy atom. The lowest BCUT2D eigenvalue weighted by atomic mass is 9.91. The molecule has 0 fully saturated rings. The van der Waals surface area contributed by atoms with E-state index in [1.54, 1.807) is 18.3 Å². The molecule has 2 aromatic rings. The second kappa shape index (κ2) is 7.53. The van der Waals surface area contributed by atoms with Gasteiger partial charge in [-0.15, -0.1) is 0 Å². The number of aromatic nitrogens is 1. The topological polar surface area (TPSA) is 24.9 Å². The Bertz CT molecular complexity index is 574. The number of nitrogens with zero attached hydrogens (tertiary/aromatic N) is 1. The highest BCUT2D eigenvalue weighted by atomic mass is 35.5. The van der Waals surface area contributed by atoms with E-state index in [0.29, 0.717) is 10.6 Å². The summed E-state index contributed by atoms with van der Waals surface area (Å²) in [5.74, 6) is -0.215. The van der Waals surface area contributed by atoms with Gasteiger partial charge >= 0.3 is 0 Å². The number of pyridine rings is 1. The van der Waals surface area contributed by atoms with E-state index in [4.69, 9.17) is 11.6 Å². The van der Waals surface area contributed by atoms with Crippen molar-refractivity contribution in [3.05, 3.63) is 64.7 Å². The van der Waals surface area contributed by atoms with Crippen LogP contribution >= 0.6 is 11.6 Å². The number of halogens is 2. The van der Waals surface area contributed by atoms with Crippen molar-refractivity contribution in [1.82, 2.24) is 10.3 Å². The summed E-state index contributed by atoms with van der Waals surface area (Å²) in [7, 11) is 0. The van der Waals surface area contributed by atoms with E-state index in [0.717, 1.165) is 18.7 Å². The van der Waals surface area contributed by atoms with Crippen LogP contribution in [-0.2, 0) is 0 Å². The highest BCUT2D eigenvalue weighted by molar-refractivity contribution is 6.30. The third kappa shape index (κ3) is 4.02. The lowest BCUT2D eigenvalue weighted by molar-refractivity contribution is 0.440. The molecule has 2 rings (SSSR count). The quantitative estimate of drug-likeness (QED) is 0.835. The molecule has 0 saturated heterocycles. The summed E-state index contributed by atoms with van der Waals surface area (Å²) < 4.78 is 14.3. The van der Waals surface area contributed by atoms with Gasteiger partial charge in [0.15, 0.2) is 0 Å². The van der Waals surface area contributed by atoms with E-state index in [9.17, 15) is 4.39 Å². The van der Waals surface area contributed by atoms with Crippen molar-refractivity contribution in [2.45, 2.75) is 32.2 Å². The SMILES string of the molecule is CCCNC(c1ccc(Cl)cc1F)C(C)c1ccccn1. The highest BCUT2D eigenvalue weighted by Gasteiger charge is 2.23. The Hall–Kier alpha value is -1.45. The molecule has 0 amide bonds. The monoisotopic (exact) mass is 306 g/mol. The summed E-state index contributed by atoms with van der Waals surface area (Å²) in [4.78, 5) is 4.39. The summed E-state index contributed by atoms with van der Waals surface area (Å²) >= 11 is 5.85. The van der Waals surface area contributed by atoms with Crippen molar-refractivity contribution in [2.24, 2.45) is 0 Å². The Labute approximate surface area is 130 Å². The van der Waals surface area contributed by atoms with Crippen LogP contribution < -0.4 is 5.32 Å². The molecule has 0 spiro atoms. The molecule has 1 heterocycles. The van der Waals surface area contributed by atoms with Gasteiger partial charge in [-0.25, -0.2) is 4.39 Å². The second-order valence-corrected chi connectivity index (χ2v) is 5.58. The zero-order valence-electron chi connectivity index (χ0n) is 12.3. The van der Waals surface area contributed by atoms with Crippen LogP contribution in [0.3, 0.4) is 0 Å². The normalized spacial score (nSPS) is 13.9. The lowest BCUT2D eigenvalue weighted by Gasteiger charge is -2.26. The van der Waals surface area contributed by atoms with Gasteiger partial charge in [-0.05, 0) is 37.2 Å². The van der Waals surface area contributed by atoms with Crippen LogP contribution in [0.2, 0.25) is 5.02 Å². The van der Waals surface area contributed by atoms with Crippen LogP contribution in [0.25, 0.3) is 0 Å². The van der Waals surface area contributed by atoms with Crippen molar-refractivity contribution >= 4 is 11.6 Å². The van der Waals surface area contributed by atoms with Crippen molar-refractivity contribution in [3.63, 3.8) is 0 Å². The van der Waals surface area contributed by atoms with E-state index < -0.39 is 0 Å². The molecule has 0 radical (unpaired) electrons. The van der Waals surface area contributed by atoms with Gasteiger partial charge in [0, 0.05) is 34.4 Å². The smallest absolute Gasteiger partial charge is 0.129 e. The van der Waals surface area contributed by atoms with Gasteiger partial charge in [-0.2, -0.15) is 0 Å². The first-order valence-corrected chi connectivity index (χ1v) is 7.60. The number of benzene rings is 1. The fourth-order valence-electron chi connectivity index (χ4n) is 2.43. The molecule has 21 heavy (non-hydrogen) atoms. The molecular formula is C17H20ClFN2. The van der Waals surface area contributed by atoms with E-state index >= 15 is 0 Å². The minimum absolute atomic E-state index is 0.0634. The standard InChI is InChI=1S/C17H20ClFN2/c1-3-9-21-17(12(2)16-6-4-5-10-20-16)14-8-7-13(18)11-15(14)19/h4-8,10-12,17,21H,3,9H2,1-2H3. The first-order chi connectivity index (χ1) is 10.1. The van der Waals surface area contributed by atoms with E-state index in [1.807, 2.05) is 18.2 Å². The minimum Gasteiger partial charge on any atom is -0.309 e. The molecule has 2 unspecified atom stereocenters. The van der Waals surface area contributed by atoms with Gasteiger partial charge in [0.05, 0.1) is 0 Å². The predicted molar refractivity (Wildman–Crippen MR) is 85.1 cm³/mol. The average molecular weight is 307 g/mol. The summed E-state index contributed by atoms with van der Waals surface area (Å²) in [6, 6.07) is 10.5. The minimum atomic E-state index is -0.279. The molecule has 1 aromatic carbocycles. The number of hydrogen-bond donors (Lipinski definition) is 1. The Morgan fingerprint density at radius 3 is 2.71 bits per heavy atom. The lowest BCUT2D eigenvalue weighted by Crippen LogP contribution is -2.28. The molecule has 2 atom stereocenters. The van der Waals surface area contributed by atoms with Crippen molar-refractivity contribution < 1.29 is 4.39 Å². The zero-order valence-corrected chi connectivity index (χ0v) is 13.1. The third-order valence-corrected chi connectivity index (χ3v) is 3.80. The Balaban J connectivity index is 2.33. The van der Waals surface area contributed by atoms with Gasteiger partial charge in [0.2, 0.25) is 0 Å². The fourth-order valence-corrected chi connectivity index (χ4v) is 2.58. The van der Waals surface area contributed by atoms with Crippen LogP contribution in [0.15, 0.2) is 42.6 Å². The van der Waals surface area contributed by atoms with Crippen LogP contribution in [0.1, 0.15) is 43.5 Å². The molecule has 112 valence electrons. The zero-order chi connectivity index (χ0) is 15.2. The van der Waals surface area contributed by atoms with Gasteiger partial charge in [-0.3, -0.25) is 4.98 Å². The summed E-state index contributed by atoms with van der Waals surface area (Å²) in [6.45, 7) is 4.97. The molecular weight excluding hydrogens is 287 g/mol. The predicted octanol–water partition coefficient (Wildman–Crippen LogP) is 4.72. The first kappa shape index (κ1) is 15.9. The molecule has 4 heteroatoms. The maximum Gasteiger partial charge on any atom is 0.129 e. The number of rotatable bonds is 6. The van der Waals surface area contributed by atoms with Gasteiger partial charge < -0.3 is 5.32 Å². The second-order valence-electron chi connectivity index (χ2n) is 5.14. The molecule has 0 aliphatic carbocycles. The number of nitrogens with one attached hydrogen (secondary N) is 1. The third-order valence-electron chi connectivity index (χ3n) is 3.57. The largest absolute Gasteiger partial charge is 0.309 e. The van der Waals surface area contributed by atoms with Crippen LogP contribution in [0, 0.1) is 5.82 Å². The molecule has 1 aromatic heterocycles. The van der Waals surface area contributed by atoms with Gasteiger partial charge in [0.1, 0.15) is 5.82 Å². The van der Waals surface area contributed by atoms with Crippen molar-refractivity contribution in [2.75, 3.05) is 6.54 Å². The molecule has 1 N–H and O–H groups in total.